The molecule has 8 heteroatoms. The number of amides is 2. The molecule has 7 nitrogen and oxygen atoms in total. The maximum Gasteiger partial charge on any atom is 0.332 e. The van der Waals surface area contributed by atoms with Gasteiger partial charge in [0.2, 0.25) is 5.09 Å². The molecular weight excluding hydrogens is 402 g/mol. The largest absolute Gasteiger partial charge is 0.452 e. The minimum absolute atomic E-state index is 0.187. The van der Waals surface area contributed by atoms with Crippen LogP contribution >= 0.6 is 0 Å². The van der Waals surface area contributed by atoms with Crippen LogP contribution in [0.15, 0.2) is 40.0 Å². The van der Waals surface area contributed by atoms with E-state index in [4.69, 9.17) is 9.20 Å². The molecule has 1 saturated carbocycles. The van der Waals surface area contributed by atoms with Gasteiger partial charge in [0.05, 0.1) is 11.9 Å². The fourth-order valence-electron chi connectivity index (χ4n) is 3.55. The van der Waals surface area contributed by atoms with Crippen LogP contribution in [0.2, 0.25) is 0 Å². The molecule has 4 N–H and O–H groups in total. The average Bonchev–Trinajstić information content (AvgIpc) is 3.34. The highest BCUT2D eigenvalue weighted by atomic mass is 32.2. The molecule has 164 valence electrons. The molecule has 1 heterocycles. The van der Waals surface area contributed by atoms with Crippen molar-refractivity contribution >= 4 is 21.6 Å². The quantitative estimate of drug-likeness (QED) is 0.475. The summed E-state index contributed by atoms with van der Waals surface area (Å²) in [5.74, 6) is 1.10. The zero-order valence-corrected chi connectivity index (χ0v) is 18.9. The van der Waals surface area contributed by atoms with E-state index in [1.54, 1.807) is 13.8 Å². The van der Waals surface area contributed by atoms with Crippen LogP contribution in [0.25, 0.3) is 0 Å². The van der Waals surface area contributed by atoms with Crippen molar-refractivity contribution in [3.05, 3.63) is 47.2 Å². The summed E-state index contributed by atoms with van der Waals surface area (Å²) in [6, 6.07) is 6.60. The molecule has 2 aromatic rings. The maximum atomic E-state index is 12.8. The Hall–Kier alpha value is -2.32. The highest BCUT2D eigenvalue weighted by molar-refractivity contribution is 7.91. The van der Waals surface area contributed by atoms with Crippen LogP contribution in [0, 0.1) is 10.7 Å². The van der Waals surface area contributed by atoms with Crippen LogP contribution in [-0.2, 0) is 15.5 Å². The van der Waals surface area contributed by atoms with Crippen LogP contribution < -0.4 is 10.0 Å². The normalized spacial score (nSPS) is 17.4. The lowest BCUT2D eigenvalue weighted by molar-refractivity contribution is 0.0779. The molecule has 0 aliphatic heterocycles. The Morgan fingerprint density at radius 1 is 1.27 bits per heavy atom. The third kappa shape index (κ3) is 4.87. The number of anilines is 1. The number of para-hydroxylation sites is 1. The number of aliphatic hydroxyl groups is 1. The molecule has 1 aliphatic rings. The molecule has 1 fully saturated rings. The van der Waals surface area contributed by atoms with Crippen molar-refractivity contribution in [1.82, 2.24) is 4.72 Å². The van der Waals surface area contributed by atoms with Crippen molar-refractivity contribution < 1.29 is 18.5 Å². The Kier molecular flexibility index (Phi) is 6.02. The van der Waals surface area contributed by atoms with Gasteiger partial charge in [-0.2, -0.15) is 0 Å². The molecule has 0 spiro atoms. The lowest BCUT2D eigenvalue weighted by Gasteiger charge is -2.22. The predicted octanol–water partition coefficient (Wildman–Crippen LogP) is 5.29. The molecule has 3 rings (SSSR count). The number of nitrogens with one attached hydrogen (secondary N) is 3. The van der Waals surface area contributed by atoms with Crippen LogP contribution in [0.4, 0.5) is 10.5 Å². The predicted molar refractivity (Wildman–Crippen MR) is 117 cm³/mol. The molecule has 0 saturated heterocycles. The number of rotatable bonds is 7. The van der Waals surface area contributed by atoms with Gasteiger partial charge in [0.15, 0.2) is 9.92 Å². The third-order valence-corrected chi connectivity index (χ3v) is 6.86. The van der Waals surface area contributed by atoms with Crippen LogP contribution in [0.1, 0.15) is 76.0 Å². The van der Waals surface area contributed by atoms with E-state index in [1.807, 2.05) is 18.2 Å². The summed E-state index contributed by atoms with van der Waals surface area (Å²) >= 11 is 0. The van der Waals surface area contributed by atoms with Crippen LogP contribution in [0.3, 0.4) is 0 Å². The topological polar surface area (TPSA) is 115 Å². The number of carbonyl (C=O) groups is 1. The van der Waals surface area contributed by atoms with Crippen molar-refractivity contribution in [2.45, 2.75) is 70.0 Å². The Morgan fingerprint density at radius 3 is 2.43 bits per heavy atom. The number of urea groups is 1. The van der Waals surface area contributed by atoms with Gasteiger partial charge < -0.3 is 14.8 Å². The summed E-state index contributed by atoms with van der Waals surface area (Å²) < 4.78 is 28.4. The van der Waals surface area contributed by atoms with Crippen molar-refractivity contribution in [1.29, 1.82) is 4.78 Å². The molecule has 2 unspecified atom stereocenters. The van der Waals surface area contributed by atoms with E-state index in [-0.39, 0.29) is 11.0 Å². The maximum absolute atomic E-state index is 12.8. The van der Waals surface area contributed by atoms with Gasteiger partial charge in [-0.1, -0.05) is 39.0 Å². The molecule has 2 amide bonds. The summed E-state index contributed by atoms with van der Waals surface area (Å²) in [5.41, 5.74) is 1.94. The Labute approximate surface area is 178 Å². The summed E-state index contributed by atoms with van der Waals surface area (Å²) in [6.45, 7) is 9.38. The molecule has 0 radical (unpaired) electrons. The van der Waals surface area contributed by atoms with Gasteiger partial charge in [-0.15, -0.1) is 0 Å². The molecule has 1 aromatic carbocycles. The summed E-state index contributed by atoms with van der Waals surface area (Å²) in [4.78, 5) is 12.7. The molecule has 30 heavy (non-hydrogen) atoms. The van der Waals surface area contributed by atoms with Gasteiger partial charge in [0.25, 0.3) is 0 Å². The summed E-state index contributed by atoms with van der Waals surface area (Å²) in [7, 11) is -3.73. The van der Waals surface area contributed by atoms with Crippen molar-refractivity contribution in [3.63, 3.8) is 0 Å². The second-order valence-corrected chi connectivity index (χ2v) is 10.6. The fraction of sp³-hybridized carbons (Fsp3) is 0.500. The van der Waals surface area contributed by atoms with E-state index < -0.39 is 21.5 Å². The second kappa shape index (κ2) is 8.07. The van der Waals surface area contributed by atoms with Gasteiger partial charge in [-0.25, -0.2) is 18.5 Å². The minimum atomic E-state index is -3.73. The molecule has 2 atom stereocenters. The fourth-order valence-corrected chi connectivity index (χ4v) is 4.44. The lowest BCUT2D eigenvalue weighted by Crippen LogP contribution is -2.34. The van der Waals surface area contributed by atoms with E-state index >= 15 is 0 Å². The Morgan fingerprint density at radius 2 is 1.90 bits per heavy atom. The molecule has 0 bridgehead atoms. The first-order chi connectivity index (χ1) is 13.9. The number of furan rings is 1. The SMILES string of the molecule is CC(C)c1cccc(C(C)C2CC2)c1NC(=O)NS(=N)(=O)c1cc(C(C)(C)O)co1. The zero-order chi connectivity index (χ0) is 22.3. The van der Waals surface area contributed by atoms with Crippen LogP contribution in [-0.4, -0.2) is 15.3 Å². The minimum Gasteiger partial charge on any atom is -0.452 e. The van der Waals surface area contributed by atoms with E-state index in [2.05, 4.69) is 30.8 Å². The highest BCUT2D eigenvalue weighted by Gasteiger charge is 2.31. The smallest absolute Gasteiger partial charge is 0.332 e. The van der Waals surface area contributed by atoms with E-state index in [9.17, 15) is 14.1 Å². The van der Waals surface area contributed by atoms with Gasteiger partial charge >= 0.3 is 6.03 Å². The summed E-state index contributed by atoms with van der Waals surface area (Å²) in [6.07, 6.45) is 3.61. The number of hydrogen-bond donors (Lipinski definition) is 4. The standard InChI is InChI=1S/C22H31N3O4S/c1-13(2)17-7-6-8-18(14(3)15-9-10-15)20(17)24-21(26)25-30(23,28)19-11-16(12-29-19)22(4,5)27/h6-8,11-15,27H,9-10H2,1-5H3,(H3,23,24,25,26,28). The van der Waals surface area contributed by atoms with Gasteiger partial charge in [0, 0.05) is 17.3 Å². The Bertz CT molecular complexity index is 1030. The van der Waals surface area contributed by atoms with Crippen molar-refractivity contribution in [2.24, 2.45) is 5.92 Å². The van der Waals surface area contributed by atoms with Gasteiger partial charge in [-0.05, 0) is 55.6 Å². The van der Waals surface area contributed by atoms with Crippen molar-refractivity contribution in [3.8, 4) is 0 Å². The van der Waals surface area contributed by atoms with Crippen LogP contribution in [0.5, 0.6) is 0 Å². The second-order valence-electron chi connectivity index (χ2n) is 8.92. The molecular formula is C22H31N3O4S. The highest BCUT2D eigenvalue weighted by Crippen LogP contribution is 2.45. The first kappa shape index (κ1) is 22.4. The first-order valence-corrected chi connectivity index (χ1v) is 11.8. The van der Waals surface area contributed by atoms with Gasteiger partial charge in [0.1, 0.15) is 0 Å². The molecule has 1 aliphatic carbocycles. The first-order valence-electron chi connectivity index (χ1n) is 10.2. The number of carbonyl (C=O) groups excluding carboxylic acids is 1. The van der Waals surface area contributed by atoms with Gasteiger partial charge in [-0.3, -0.25) is 0 Å². The third-order valence-electron chi connectivity index (χ3n) is 5.61. The summed E-state index contributed by atoms with van der Waals surface area (Å²) in [5, 5.41) is 12.7. The Balaban J connectivity index is 1.84. The zero-order valence-electron chi connectivity index (χ0n) is 18.1. The lowest BCUT2D eigenvalue weighted by atomic mass is 9.89. The number of benzene rings is 1. The van der Waals surface area contributed by atoms with E-state index in [0.717, 1.165) is 16.8 Å². The molecule has 1 aromatic heterocycles. The number of hydrogen-bond acceptors (Lipinski definition) is 5. The monoisotopic (exact) mass is 433 g/mol. The van der Waals surface area contributed by atoms with E-state index in [1.165, 1.54) is 25.2 Å². The van der Waals surface area contributed by atoms with Crippen molar-refractivity contribution in [2.75, 3.05) is 5.32 Å². The average molecular weight is 434 g/mol. The van der Waals surface area contributed by atoms with E-state index in [0.29, 0.717) is 17.4 Å².